The fourth-order valence-electron chi connectivity index (χ4n) is 2.84. The van der Waals surface area contributed by atoms with Crippen LogP contribution in [0.4, 0.5) is 11.4 Å². The van der Waals surface area contributed by atoms with Crippen molar-refractivity contribution in [2.45, 2.75) is 45.1 Å². The van der Waals surface area contributed by atoms with Crippen LogP contribution in [0.25, 0.3) is 0 Å². The Hall–Kier alpha value is -1.23. The highest BCUT2D eigenvalue weighted by atomic mass is 32.2. The second-order valence-corrected chi connectivity index (χ2v) is 7.47. The molecule has 0 aromatic heterocycles. The SMILES string of the molecule is CCC1CCC(Nc2cccc(NS(C)(=O)=O)c2)CC1. The lowest BCUT2D eigenvalue weighted by molar-refractivity contribution is 0.330. The Morgan fingerprint density at radius 1 is 1.15 bits per heavy atom. The lowest BCUT2D eigenvalue weighted by Crippen LogP contribution is -2.25. The summed E-state index contributed by atoms with van der Waals surface area (Å²) in [5.41, 5.74) is 1.60. The van der Waals surface area contributed by atoms with E-state index < -0.39 is 10.0 Å². The zero-order valence-electron chi connectivity index (χ0n) is 12.2. The molecule has 0 atom stereocenters. The third-order valence-electron chi connectivity index (χ3n) is 3.96. The van der Waals surface area contributed by atoms with E-state index in [1.807, 2.05) is 18.2 Å². The first kappa shape index (κ1) is 15.2. The van der Waals surface area contributed by atoms with E-state index in [0.29, 0.717) is 11.7 Å². The van der Waals surface area contributed by atoms with Gasteiger partial charge in [-0.05, 0) is 49.8 Å². The second kappa shape index (κ2) is 6.48. The number of benzene rings is 1. The molecule has 0 spiro atoms. The summed E-state index contributed by atoms with van der Waals surface area (Å²) in [6.07, 6.45) is 7.41. The Morgan fingerprint density at radius 3 is 2.40 bits per heavy atom. The lowest BCUT2D eigenvalue weighted by atomic mass is 9.84. The van der Waals surface area contributed by atoms with Crippen molar-refractivity contribution in [3.8, 4) is 0 Å². The van der Waals surface area contributed by atoms with Gasteiger partial charge in [-0.15, -0.1) is 0 Å². The molecule has 0 unspecified atom stereocenters. The molecule has 0 radical (unpaired) electrons. The van der Waals surface area contributed by atoms with E-state index in [-0.39, 0.29) is 0 Å². The van der Waals surface area contributed by atoms with Crippen LogP contribution in [-0.4, -0.2) is 20.7 Å². The topological polar surface area (TPSA) is 58.2 Å². The zero-order valence-corrected chi connectivity index (χ0v) is 13.0. The molecule has 0 bridgehead atoms. The molecular formula is C15H24N2O2S. The van der Waals surface area contributed by atoms with Crippen LogP contribution in [0, 0.1) is 5.92 Å². The predicted molar refractivity (Wildman–Crippen MR) is 84.6 cm³/mol. The summed E-state index contributed by atoms with van der Waals surface area (Å²) in [6, 6.07) is 7.98. The van der Waals surface area contributed by atoms with Crippen LogP contribution in [-0.2, 0) is 10.0 Å². The minimum Gasteiger partial charge on any atom is -0.382 e. The number of anilines is 2. The third kappa shape index (κ3) is 4.71. The van der Waals surface area contributed by atoms with Gasteiger partial charge in [0.1, 0.15) is 0 Å². The van der Waals surface area contributed by atoms with Crippen molar-refractivity contribution >= 4 is 21.4 Å². The summed E-state index contributed by atoms with van der Waals surface area (Å²) in [7, 11) is -3.22. The van der Waals surface area contributed by atoms with Crippen LogP contribution in [0.2, 0.25) is 0 Å². The van der Waals surface area contributed by atoms with E-state index in [1.54, 1.807) is 6.07 Å². The summed E-state index contributed by atoms with van der Waals surface area (Å²) in [4.78, 5) is 0. The average Bonchev–Trinajstić information content (AvgIpc) is 2.38. The highest BCUT2D eigenvalue weighted by Gasteiger charge is 2.19. The van der Waals surface area contributed by atoms with Crippen LogP contribution in [0.3, 0.4) is 0 Å². The largest absolute Gasteiger partial charge is 0.382 e. The summed E-state index contributed by atoms with van der Waals surface area (Å²) in [5.74, 6) is 0.881. The van der Waals surface area contributed by atoms with Crippen LogP contribution in [0.5, 0.6) is 0 Å². The van der Waals surface area contributed by atoms with E-state index >= 15 is 0 Å². The van der Waals surface area contributed by atoms with Crippen molar-refractivity contribution in [1.29, 1.82) is 0 Å². The highest BCUT2D eigenvalue weighted by Crippen LogP contribution is 2.29. The molecule has 2 N–H and O–H groups in total. The molecule has 0 amide bonds. The number of hydrogen-bond donors (Lipinski definition) is 2. The molecule has 5 heteroatoms. The monoisotopic (exact) mass is 296 g/mol. The first-order valence-electron chi connectivity index (χ1n) is 7.30. The Balaban J connectivity index is 1.95. The number of hydrogen-bond acceptors (Lipinski definition) is 3. The van der Waals surface area contributed by atoms with Crippen molar-refractivity contribution in [3.05, 3.63) is 24.3 Å². The molecule has 1 fully saturated rings. The standard InChI is InChI=1S/C15H24N2O2S/c1-3-12-7-9-13(10-8-12)16-14-5-4-6-15(11-14)17-20(2,18)19/h4-6,11-13,16-17H,3,7-10H2,1-2H3. The van der Waals surface area contributed by atoms with E-state index in [1.165, 1.54) is 38.4 Å². The van der Waals surface area contributed by atoms with Gasteiger partial charge >= 0.3 is 0 Å². The van der Waals surface area contributed by atoms with Gasteiger partial charge in [0.25, 0.3) is 0 Å². The number of rotatable bonds is 5. The van der Waals surface area contributed by atoms with Crippen LogP contribution >= 0.6 is 0 Å². The Morgan fingerprint density at radius 2 is 1.80 bits per heavy atom. The lowest BCUT2D eigenvalue weighted by Gasteiger charge is -2.29. The maximum absolute atomic E-state index is 11.2. The summed E-state index contributed by atoms with van der Waals surface area (Å²) < 4.78 is 25.0. The maximum Gasteiger partial charge on any atom is 0.229 e. The normalized spacial score (nSPS) is 23.3. The molecule has 0 aliphatic heterocycles. The van der Waals surface area contributed by atoms with Gasteiger partial charge in [0.2, 0.25) is 10.0 Å². The van der Waals surface area contributed by atoms with Gasteiger partial charge in [-0.2, -0.15) is 0 Å². The number of nitrogens with one attached hydrogen (secondary N) is 2. The Labute approximate surface area is 122 Å². The molecule has 0 saturated heterocycles. The first-order chi connectivity index (χ1) is 9.46. The van der Waals surface area contributed by atoms with Gasteiger partial charge in [0.05, 0.1) is 11.9 Å². The van der Waals surface area contributed by atoms with Crippen LogP contribution < -0.4 is 10.0 Å². The molecule has 0 heterocycles. The van der Waals surface area contributed by atoms with E-state index in [9.17, 15) is 8.42 Å². The molecule has 1 saturated carbocycles. The van der Waals surface area contributed by atoms with E-state index in [2.05, 4.69) is 17.0 Å². The molecule has 1 aliphatic carbocycles. The van der Waals surface area contributed by atoms with Gasteiger partial charge < -0.3 is 5.32 Å². The smallest absolute Gasteiger partial charge is 0.229 e. The molecule has 4 nitrogen and oxygen atoms in total. The zero-order chi connectivity index (χ0) is 14.6. The molecule has 20 heavy (non-hydrogen) atoms. The first-order valence-corrected chi connectivity index (χ1v) is 9.20. The van der Waals surface area contributed by atoms with Gasteiger partial charge in [-0.1, -0.05) is 19.4 Å². The fraction of sp³-hybridized carbons (Fsp3) is 0.600. The summed E-state index contributed by atoms with van der Waals surface area (Å²) in [6.45, 7) is 2.26. The summed E-state index contributed by atoms with van der Waals surface area (Å²) in [5, 5.41) is 3.52. The summed E-state index contributed by atoms with van der Waals surface area (Å²) >= 11 is 0. The minimum absolute atomic E-state index is 0.506. The maximum atomic E-state index is 11.2. The molecule has 2 rings (SSSR count). The van der Waals surface area contributed by atoms with Crippen molar-refractivity contribution in [2.24, 2.45) is 5.92 Å². The van der Waals surface area contributed by atoms with E-state index in [4.69, 9.17) is 0 Å². The highest BCUT2D eigenvalue weighted by molar-refractivity contribution is 7.92. The third-order valence-corrected chi connectivity index (χ3v) is 4.57. The molecular weight excluding hydrogens is 272 g/mol. The molecule has 1 aromatic rings. The Bertz CT molecular complexity index is 535. The second-order valence-electron chi connectivity index (χ2n) is 5.73. The molecule has 112 valence electrons. The minimum atomic E-state index is -3.22. The van der Waals surface area contributed by atoms with Gasteiger partial charge in [0, 0.05) is 11.7 Å². The van der Waals surface area contributed by atoms with Crippen LogP contribution in [0.1, 0.15) is 39.0 Å². The number of sulfonamides is 1. The Kier molecular flexibility index (Phi) is 4.91. The molecule has 1 aromatic carbocycles. The van der Waals surface area contributed by atoms with Crippen molar-refractivity contribution in [1.82, 2.24) is 0 Å². The van der Waals surface area contributed by atoms with Crippen molar-refractivity contribution in [2.75, 3.05) is 16.3 Å². The van der Waals surface area contributed by atoms with Gasteiger partial charge in [0.15, 0.2) is 0 Å². The van der Waals surface area contributed by atoms with Crippen molar-refractivity contribution < 1.29 is 8.42 Å². The average molecular weight is 296 g/mol. The predicted octanol–water partition coefficient (Wildman–Crippen LogP) is 3.44. The van der Waals surface area contributed by atoms with Crippen LogP contribution in [0.15, 0.2) is 24.3 Å². The van der Waals surface area contributed by atoms with E-state index in [0.717, 1.165) is 11.6 Å². The quantitative estimate of drug-likeness (QED) is 0.875. The molecule has 1 aliphatic rings. The fourth-order valence-corrected chi connectivity index (χ4v) is 3.39. The van der Waals surface area contributed by atoms with Gasteiger partial charge in [-0.25, -0.2) is 8.42 Å². The van der Waals surface area contributed by atoms with Crippen molar-refractivity contribution in [3.63, 3.8) is 0 Å². The van der Waals surface area contributed by atoms with Gasteiger partial charge in [-0.3, -0.25) is 4.72 Å².